The van der Waals surface area contributed by atoms with Crippen LogP contribution in [0.4, 0.5) is 0 Å². The van der Waals surface area contributed by atoms with Gasteiger partial charge in [-0.1, -0.05) is 0 Å². The highest BCUT2D eigenvalue weighted by atomic mass is 17.0. The molecule has 0 rings (SSSR count). The van der Waals surface area contributed by atoms with Crippen LogP contribution in [0.2, 0.25) is 0 Å². The zero-order valence-electron chi connectivity index (χ0n) is 10.0. The largest absolute Gasteiger partial charge is 0.480 e. The van der Waals surface area contributed by atoms with Crippen molar-refractivity contribution in [1.29, 1.82) is 0 Å². The predicted molar refractivity (Wildman–Crippen MR) is 54.3 cm³/mol. The van der Waals surface area contributed by atoms with Crippen LogP contribution < -0.4 is 0 Å². The van der Waals surface area contributed by atoms with Gasteiger partial charge in [0.2, 0.25) is 6.10 Å². The smallest absolute Gasteiger partial charge is 0.335 e. The molecule has 18 heavy (non-hydrogen) atoms. The molecule has 0 saturated carbocycles. The molecular formula is C7H14N3O8+. The van der Waals surface area contributed by atoms with E-state index in [1.165, 1.54) is 0 Å². The fraction of sp³-hybridized carbons (Fsp3) is 0.857. The van der Waals surface area contributed by atoms with Crippen molar-refractivity contribution in [1.82, 2.24) is 0 Å². The van der Waals surface area contributed by atoms with Crippen molar-refractivity contribution in [2.24, 2.45) is 0 Å². The third-order valence-electron chi connectivity index (χ3n) is 1.73. The average molecular weight is 268 g/mol. The van der Waals surface area contributed by atoms with Crippen LogP contribution >= 0.6 is 0 Å². The predicted octanol–water partition coefficient (Wildman–Crippen LogP) is -1.07. The van der Waals surface area contributed by atoms with Gasteiger partial charge in [-0.25, -0.2) is 4.79 Å². The quantitative estimate of drug-likeness (QED) is 0.333. The van der Waals surface area contributed by atoms with Crippen LogP contribution in [-0.2, 0) is 14.5 Å². The zero-order valence-corrected chi connectivity index (χ0v) is 10.0. The molecule has 0 fully saturated rings. The maximum atomic E-state index is 10.8. The number of carboxylic acids is 1. The molecular weight excluding hydrogens is 254 g/mol. The van der Waals surface area contributed by atoms with Gasteiger partial charge < -0.3 is 14.4 Å². The van der Waals surface area contributed by atoms with Crippen LogP contribution in [0.25, 0.3) is 0 Å². The second-order valence-corrected chi connectivity index (χ2v) is 4.43. The molecule has 0 aliphatic carbocycles. The van der Waals surface area contributed by atoms with E-state index in [4.69, 9.17) is 5.11 Å². The monoisotopic (exact) mass is 268 g/mol. The normalized spacial score (nSPS) is 14.4. The van der Waals surface area contributed by atoms with E-state index >= 15 is 0 Å². The molecule has 0 bridgehead atoms. The van der Waals surface area contributed by atoms with Gasteiger partial charge >= 0.3 is 5.97 Å². The van der Waals surface area contributed by atoms with Crippen LogP contribution in [-0.4, -0.2) is 65.6 Å². The Morgan fingerprint density at radius 3 is 1.94 bits per heavy atom. The first kappa shape index (κ1) is 15.8. The highest BCUT2D eigenvalue weighted by Gasteiger charge is 2.38. The van der Waals surface area contributed by atoms with Crippen molar-refractivity contribution in [3.8, 4) is 0 Å². The summed E-state index contributed by atoms with van der Waals surface area (Å²) in [5, 5.41) is 26.7. The maximum absolute atomic E-state index is 10.8. The van der Waals surface area contributed by atoms with Gasteiger partial charge in [-0.05, 0) is 0 Å². The fourth-order valence-electron chi connectivity index (χ4n) is 1.20. The molecule has 0 aliphatic rings. The Bertz CT molecular complexity index is 338. The van der Waals surface area contributed by atoms with Crippen molar-refractivity contribution in [2.45, 2.75) is 12.2 Å². The summed E-state index contributed by atoms with van der Waals surface area (Å²) in [5.41, 5.74) is 0. The van der Waals surface area contributed by atoms with Gasteiger partial charge in [-0.3, -0.25) is 4.84 Å². The number of nitrogens with zero attached hydrogens (tertiary/aromatic N) is 3. The summed E-state index contributed by atoms with van der Waals surface area (Å²) in [5.74, 6) is -1.72. The summed E-state index contributed by atoms with van der Waals surface area (Å²) >= 11 is 0. The van der Waals surface area contributed by atoms with Crippen LogP contribution in [0, 0.1) is 20.2 Å². The molecule has 11 nitrogen and oxygen atoms in total. The first-order chi connectivity index (χ1) is 8.03. The Hall–Kier alpha value is -2.17. The van der Waals surface area contributed by atoms with Gasteiger partial charge in [-0.2, -0.15) is 0 Å². The molecule has 1 unspecified atom stereocenters. The summed E-state index contributed by atoms with van der Waals surface area (Å²) in [6, 6.07) is 0. The van der Waals surface area contributed by atoms with Gasteiger partial charge in [-0.15, -0.1) is 20.2 Å². The molecule has 0 aromatic rings. The van der Waals surface area contributed by atoms with E-state index < -0.39 is 28.4 Å². The van der Waals surface area contributed by atoms with Crippen LogP contribution in [0.5, 0.6) is 0 Å². The molecule has 11 heteroatoms. The summed E-state index contributed by atoms with van der Waals surface area (Å²) < 4.78 is 0.101. The summed E-state index contributed by atoms with van der Waals surface area (Å²) in [7, 11) is 4.84. The Morgan fingerprint density at radius 1 is 1.22 bits per heavy atom. The van der Waals surface area contributed by atoms with Crippen LogP contribution in [0.15, 0.2) is 0 Å². The number of likely N-dealkylation sites (N-methyl/N-ethyl adjacent to an activating group) is 1. The first-order valence-electron chi connectivity index (χ1n) is 4.68. The summed E-state index contributed by atoms with van der Waals surface area (Å²) in [6.45, 7) is -0.161. The highest BCUT2D eigenvalue weighted by Crippen LogP contribution is 2.10. The van der Waals surface area contributed by atoms with Gasteiger partial charge in [0.15, 0.2) is 6.10 Å². The number of rotatable bonds is 8. The van der Waals surface area contributed by atoms with Gasteiger partial charge in [0.1, 0.15) is 6.54 Å². The van der Waals surface area contributed by atoms with Crippen molar-refractivity contribution in [2.75, 3.05) is 27.7 Å². The Kier molecular flexibility index (Phi) is 5.23. The third-order valence-corrected chi connectivity index (χ3v) is 1.73. The Balaban J connectivity index is 5.03. The molecule has 1 N–H and O–H groups in total. The maximum Gasteiger partial charge on any atom is 0.335 e. The van der Waals surface area contributed by atoms with E-state index in [9.17, 15) is 25.0 Å². The second-order valence-electron chi connectivity index (χ2n) is 4.43. The summed E-state index contributed by atoms with van der Waals surface area (Å²) in [6.07, 6.45) is -3.66. The number of hydrogen-bond acceptors (Lipinski definition) is 7. The first-order valence-corrected chi connectivity index (χ1v) is 4.68. The van der Waals surface area contributed by atoms with Gasteiger partial charge in [0.05, 0.1) is 21.1 Å². The van der Waals surface area contributed by atoms with Crippen LogP contribution in [0.3, 0.4) is 0 Å². The molecule has 0 aromatic heterocycles. The van der Waals surface area contributed by atoms with Crippen molar-refractivity contribution < 1.29 is 34.2 Å². The number of carboxylic acid groups (broad SMARTS) is 1. The number of carbonyl (C=O) groups is 1. The lowest BCUT2D eigenvalue weighted by atomic mass is 10.2. The molecule has 0 amide bonds. The van der Waals surface area contributed by atoms with E-state index in [0.717, 1.165) is 0 Å². The molecule has 0 heterocycles. The van der Waals surface area contributed by atoms with Crippen molar-refractivity contribution in [3.63, 3.8) is 0 Å². The standard InChI is InChI=1S/C7H13N3O8/c1-10(2,3)4-5(17-8(13)14)6(7(11)12)18-9(15)16/h5-6H,4H2,1-3H3/p+1/t5?,6-/m1/s1. The number of quaternary nitrogens is 1. The van der Waals surface area contributed by atoms with Gasteiger partial charge in [0.25, 0.3) is 10.2 Å². The van der Waals surface area contributed by atoms with Crippen molar-refractivity contribution >= 4 is 5.97 Å². The van der Waals surface area contributed by atoms with Crippen molar-refractivity contribution in [3.05, 3.63) is 20.2 Å². The second kappa shape index (κ2) is 5.95. The molecule has 0 saturated heterocycles. The SMILES string of the molecule is C[N+](C)(C)CC(O[N+](=O)[O-])[C@@H](O[N+](=O)[O-])C(=O)O. The minimum Gasteiger partial charge on any atom is -0.480 e. The fourth-order valence-corrected chi connectivity index (χ4v) is 1.20. The van der Waals surface area contributed by atoms with E-state index in [2.05, 4.69) is 9.68 Å². The lowest BCUT2D eigenvalue weighted by Crippen LogP contribution is -2.51. The minimum absolute atomic E-state index is 0.101. The van der Waals surface area contributed by atoms with E-state index in [1.807, 2.05) is 0 Å². The van der Waals surface area contributed by atoms with Gasteiger partial charge in [0, 0.05) is 0 Å². The van der Waals surface area contributed by atoms with E-state index in [0.29, 0.717) is 0 Å². The lowest BCUT2D eigenvalue weighted by Gasteiger charge is -2.29. The minimum atomic E-state index is -2.07. The number of aliphatic carboxylic acids is 1. The van der Waals surface area contributed by atoms with Crippen LogP contribution in [0.1, 0.15) is 0 Å². The molecule has 2 atom stereocenters. The Morgan fingerprint density at radius 2 is 1.67 bits per heavy atom. The lowest BCUT2D eigenvalue weighted by molar-refractivity contribution is -0.889. The van der Waals surface area contributed by atoms with E-state index in [-0.39, 0.29) is 11.0 Å². The molecule has 0 aromatic carbocycles. The molecule has 104 valence electrons. The zero-order chi connectivity index (χ0) is 14.5. The summed E-state index contributed by atoms with van der Waals surface area (Å²) in [4.78, 5) is 39.3. The molecule has 0 spiro atoms. The topological polar surface area (TPSA) is 142 Å². The highest BCUT2D eigenvalue weighted by molar-refractivity contribution is 5.73. The molecule has 0 radical (unpaired) electrons. The molecule has 0 aliphatic heterocycles. The average Bonchev–Trinajstić information content (AvgIpc) is 2.08. The third kappa shape index (κ3) is 6.42. The Labute approximate surface area is 101 Å². The van der Waals surface area contributed by atoms with E-state index in [1.54, 1.807) is 21.1 Å². The number of hydrogen-bond donors (Lipinski definition) is 1.